The van der Waals surface area contributed by atoms with Crippen LogP contribution in [-0.2, 0) is 5.41 Å². The number of para-hydroxylation sites is 3. The minimum Gasteiger partial charge on any atom is -0.314 e. The van der Waals surface area contributed by atoms with E-state index in [4.69, 9.17) is 15.0 Å². The number of anilines is 2. The molecule has 8 rings (SSSR count). The van der Waals surface area contributed by atoms with Gasteiger partial charge in [0, 0.05) is 50.3 Å². The first-order valence-electron chi connectivity index (χ1n) is 18.0. The zero-order chi connectivity index (χ0) is 36.4. The summed E-state index contributed by atoms with van der Waals surface area (Å²) < 4.78 is 2.27. The van der Waals surface area contributed by atoms with Crippen LogP contribution in [-0.4, -0.2) is 19.5 Å². The highest BCUT2D eigenvalue weighted by molar-refractivity contribution is 5.93. The van der Waals surface area contributed by atoms with Crippen molar-refractivity contribution < 1.29 is 0 Å². The zero-order valence-corrected chi connectivity index (χ0v) is 30.3. The monoisotopic (exact) mass is 687 g/mol. The average molecular weight is 688 g/mol. The lowest BCUT2D eigenvalue weighted by Crippen LogP contribution is -2.28. The van der Waals surface area contributed by atoms with E-state index in [1.807, 2.05) is 36.4 Å². The van der Waals surface area contributed by atoms with Gasteiger partial charge in [0.1, 0.15) is 0 Å². The second-order valence-corrected chi connectivity index (χ2v) is 14.1. The summed E-state index contributed by atoms with van der Waals surface area (Å²) >= 11 is 0. The van der Waals surface area contributed by atoms with Gasteiger partial charge < -0.3 is 4.90 Å². The molecule has 0 aliphatic heterocycles. The molecule has 5 heteroatoms. The van der Waals surface area contributed by atoms with Gasteiger partial charge in [-0.25, -0.2) is 4.98 Å². The molecule has 0 fully saturated rings. The van der Waals surface area contributed by atoms with Crippen molar-refractivity contribution in [2.24, 2.45) is 0 Å². The number of nitrogens with zero attached hydrogens (tertiary/aromatic N) is 5. The maximum absolute atomic E-state index is 5.25. The molecule has 2 aromatic heterocycles. The first-order valence-corrected chi connectivity index (χ1v) is 18.0. The smallest absolute Gasteiger partial charge is 0.238 e. The van der Waals surface area contributed by atoms with Gasteiger partial charge in [-0.2, -0.15) is 9.97 Å². The number of aromatic nitrogens is 4. The van der Waals surface area contributed by atoms with Gasteiger partial charge in [0.2, 0.25) is 5.95 Å². The Morgan fingerprint density at radius 3 is 1.68 bits per heavy atom. The maximum Gasteiger partial charge on any atom is 0.238 e. The van der Waals surface area contributed by atoms with Crippen LogP contribution in [0.25, 0.3) is 45.7 Å². The lowest BCUT2D eigenvalue weighted by Gasteiger charge is -2.34. The first-order chi connectivity index (χ1) is 25.9. The zero-order valence-electron chi connectivity index (χ0n) is 30.3. The van der Waals surface area contributed by atoms with E-state index < -0.39 is 5.41 Å². The molecule has 1 aliphatic rings. The van der Waals surface area contributed by atoms with Crippen molar-refractivity contribution >= 4 is 28.4 Å². The Morgan fingerprint density at radius 2 is 1.11 bits per heavy atom. The van der Waals surface area contributed by atoms with Crippen LogP contribution < -0.4 is 4.90 Å². The van der Waals surface area contributed by atoms with E-state index in [1.165, 1.54) is 0 Å². The Bertz CT molecular complexity index is 2410. The second-order valence-electron chi connectivity index (χ2n) is 14.1. The van der Waals surface area contributed by atoms with Gasteiger partial charge in [-0.15, -0.1) is 0 Å². The van der Waals surface area contributed by atoms with Crippen LogP contribution in [0.5, 0.6) is 0 Å². The van der Waals surface area contributed by atoms with Crippen molar-refractivity contribution in [3.05, 3.63) is 199 Å². The number of fused-ring (bicyclic) bond motifs is 3. The van der Waals surface area contributed by atoms with Gasteiger partial charge in [0.25, 0.3) is 0 Å². The quantitative estimate of drug-likeness (QED) is 0.175. The third-order valence-corrected chi connectivity index (χ3v) is 9.86. The highest BCUT2D eigenvalue weighted by atomic mass is 15.2. The van der Waals surface area contributed by atoms with Crippen molar-refractivity contribution in [1.82, 2.24) is 19.5 Å². The predicted molar refractivity (Wildman–Crippen MR) is 220 cm³/mol. The molecule has 0 amide bonds. The molecule has 2 heterocycles. The van der Waals surface area contributed by atoms with E-state index >= 15 is 0 Å². The van der Waals surface area contributed by atoms with Crippen LogP contribution in [0.1, 0.15) is 38.4 Å². The number of allylic oxidation sites excluding steroid dienone is 6. The summed E-state index contributed by atoms with van der Waals surface area (Å²) in [4.78, 5) is 17.9. The molecule has 53 heavy (non-hydrogen) atoms. The van der Waals surface area contributed by atoms with Crippen LogP contribution in [0, 0.1) is 0 Å². The molecular weight excluding hydrogens is 647 g/mol. The minimum atomic E-state index is -0.438. The van der Waals surface area contributed by atoms with Crippen molar-refractivity contribution in [3.8, 4) is 28.7 Å². The average Bonchev–Trinajstić information content (AvgIpc) is 3.55. The van der Waals surface area contributed by atoms with Crippen molar-refractivity contribution in [1.29, 1.82) is 0 Å². The summed E-state index contributed by atoms with van der Waals surface area (Å²) in [6.07, 6.45) is 9.53. The Hall–Kier alpha value is -6.59. The minimum absolute atomic E-state index is 0.438. The predicted octanol–water partition coefficient (Wildman–Crippen LogP) is 12.1. The molecule has 5 nitrogen and oxygen atoms in total. The van der Waals surface area contributed by atoms with E-state index in [-0.39, 0.29) is 0 Å². The Balaban J connectivity index is 1.41. The van der Waals surface area contributed by atoms with E-state index in [0.717, 1.165) is 61.5 Å². The largest absolute Gasteiger partial charge is 0.314 e. The van der Waals surface area contributed by atoms with Crippen LogP contribution in [0.4, 0.5) is 11.4 Å². The fourth-order valence-corrected chi connectivity index (χ4v) is 7.23. The molecule has 1 aliphatic carbocycles. The molecule has 0 atom stereocenters. The Kier molecular flexibility index (Phi) is 8.99. The summed E-state index contributed by atoms with van der Waals surface area (Å²) in [6, 6.07) is 50.1. The number of hydrogen-bond acceptors (Lipinski definition) is 4. The van der Waals surface area contributed by atoms with E-state index in [1.54, 1.807) is 0 Å². The summed E-state index contributed by atoms with van der Waals surface area (Å²) in [5.74, 6) is 1.83. The molecule has 5 aromatic carbocycles. The van der Waals surface area contributed by atoms with Gasteiger partial charge >= 0.3 is 0 Å². The van der Waals surface area contributed by atoms with Crippen molar-refractivity contribution in [2.75, 3.05) is 4.90 Å². The van der Waals surface area contributed by atoms with Crippen molar-refractivity contribution in [2.45, 2.75) is 32.6 Å². The van der Waals surface area contributed by atoms with Gasteiger partial charge in [0.15, 0.2) is 11.6 Å². The molecule has 0 saturated carbocycles. The SMILES string of the molecule is C=C1C=Cc2c(n(-c3nc(-c4ccccc4)nc(-c4ccccc4)n3)c3ccccc23)C(C)(C)CC(N(c2ccccc2)c2ccccc2)=CC=C1C. The molecule has 0 saturated heterocycles. The fraction of sp³-hybridized carbons (Fsp3) is 0.104. The summed E-state index contributed by atoms with van der Waals surface area (Å²) in [5, 5.41) is 1.12. The van der Waals surface area contributed by atoms with Crippen LogP contribution in [0.15, 0.2) is 187 Å². The number of benzene rings is 5. The number of rotatable bonds is 6. The first kappa shape index (κ1) is 33.5. The molecular formula is C48H41N5. The van der Waals surface area contributed by atoms with Gasteiger partial charge in [-0.05, 0) is 60.9 Å². The summed E-state index contributed by atoms with van der Waals surface area (Å²) in [7, 11) is 0. The highest BCUT2D eigenvalue weighted by Crippen LogP contribution is 2.44. The van der Waals surface area contributed by atoms with Crippen molar-refractivity contribution in [3.63, 3.8) is 0 Å². The summed E-state index contributed by atoms with van der Waals surface area (Å²) in [6.45, 7) is 11.3. The van der Waals surface area contributed by atoms with Crippen LogP contribution in [0.2, 0.25) is 0 Å². The Morgan fingerprint density at radius 1 is 0.604 bits per heavy atom. The third-order valence-electron chi connectivity index (χ3n) is 9.86. The normalized spacial score (nSPS) is 14.2. The van der Waals surface area contributed by atoms with E-state index in [2.05, 4.69) is 170 Å². The Labute approximate surface area is 311 Å². The lowest BCUT2D eigenvalue weighted by atomic mass is 9.81. The van der Waals surface area contributed by atoms with E-state index in [0.29, 0.717) is 24.0 Å². The lowest BCUT2D eigenvalue weighted by molar-refractivity contribution is 0.489. The molecule has 0 bridgehead atoms. The maximum atomic E-state index is 5.25. The van der Waals surface area contributed by atoms with Gasteiger partial charge in [0.05, 0.1) is 5.52 Å². The van der Waals surface area contributed by atoms with Crippen LogP contribution in [0.3, 0.4) is 0 Å². The topological polar surface area (TPSA) is 46.8 Å². The van der Waals surface area contributed by atoms with Crippen LogP contribution >= 0.6 is 0 Å². The molecule has 0 radical (unpaired) electrons. The van der Waals surface area contributed by atoms with Gasteiger partial charge in [-0.3, -0.25) is 4.57 Å². The highest BCUT2D eigenvalue weighted by Gasteiger charge is 2.34. The number of hydrogen-bond donors (Lipinski definition) is 0. The molecule has 0 unspecified atom stereocenters. The second kappa shape index (κ2) is 14.2. The van der Waals surface area contributed by atoms with Gasteiger partial charge in [-0.1, -0.05) is 154 Å². The van der Waals surface area contributed by atoms with E-state index in [9.17, 15) is 0 Å². The third kappa shape index (κ3) is 6.65. The fourth-order valence-electron chi connectivity index (χ4n) is 7.23. The molecule has 7 aromatic rings. The molecule has 0 N–H and O–H groups in total. The molecule has 0 spiro atoms. The standard InChI is InChI=1S/C48H41N5/c1-34-29-31-40(52(38-23-13-7-14-24-38)39-25-15-8-16-26-39)33-48(3,4)44-42(32-30-35(34)2)41-27-17-18-28-43(41)53(44)47-50-45(36-19-9-5-10-20-36)49-46(51-47)37-21-11-6-12-22-37/h5-32H,2,33H2,1,3-4H3. The molecule has 258 valence electrons. The summed E-state index contributed by atoms with van der Waals surface area (Å²) in [5.41, 5.74) is 10.1.